The number of carbonyl (C=O) groups excluding carboxylic acids is 1. The molecule has 1 aliphatic carbocycles. The lowest BCUT2D eigenvalue weighted by atomic mass is 9.88. The number of hydrogen-bond acceptors (Lipinski definition) is 6. The van der Waals surface area contributed by atoms with Gasteiger partial charge in [0.2, 0.25) is 11.9 Å². The van der Waals surface area contributed by atoms with E-state index in [0.29, 0.717) is 22.9 Å². The normalized spacial score (nSPS) is 19.0. The maximum Gasteiger partial charge on any atom is 0.220 e. The Hall–Kier alpha value is -2.94. The molecular weight excluding hydrogens is 408 g/mol. The zero-order valence-corrected chi connectivity index (χ0v) is 16.9. The maximum atomic E-state index is 15.2. The van der Waals surface area contributed by atoms with Gasteiger partial charge in [0, 0.05) is 22.8 Å². The van der Waals surface area contributed by atoms with Gasteiger partial charge in [0.1, 0.15) is 5.82 Å². The molecule has 9 heteroatoms. The quantitative estimate of drug-likeness (QED) is 0.523. The molecule has 1 heterocycles. The average molecular weight is 429 g/mol. The van der Waals surface area contributed by atoms with Crippen molar-refractivity contribution in [1.82, 2.24) is 9.97 Å². The first kappa shape index (κ1) is 20.3. The smallest absolute Gasteiger partial charge is 0.220 e. The van der Waals surface area contributed by atoms with Crippen LogP contribution in [-0.2, 0) is 4.79 Å². The lowest BCUT2D eigenvalue weighted by molar-refractivity contribution is -0.122. The van der Waals surface area contributed by atoms with E-state index < -0.39 is 11.6 Å². The van der Waals surface area contributed by atoms with Gasteiger partial charge < -0.3 is 16.2 Å². The highest BCUT2D eigenvalue weighted by Crippen LogP contribution is 2.36. The van der Waals surface area contributed by atoms with Crippen molar-refractivity contribution >= 4 is 40.4 Å². The van der Waals surface area contributed by atoms with Crippen molar-refractivity contribution in [3.8, 4) is 11.1 Å². The molecule has 3 aromatic rings. The van der Waals surface area contributed by atoms with Crippen LogP contribution in [0, 0.1) is 17.6 Å². The zero-order valence-electron chi connectivity index (χ0n) is 16.1. The van der Waals surface area contributed by atoms with Crippen LogP contribution in [0.1, 0.15) is 25.7 Å². The number of nitrogen functional groups attached to an aromatic ring is 1. The lowest BCUT2D eigenvalue weighted by Gasteiger charge is -2.26. The third-order valence-electron chi connectivity index (χ3n) is 5.34. The number of amides is 1. The number of halogens is 2. The van der Waals surface area contributed by atoms with Crippen molar-refractivity contribution in [1.29, 1.82) is 0 Å². The molecule has 0 spiro atoms. The van der Waals surface area contributed by atoms with Gasteiger partial charge in [-0.05, 0) is 61.0 Å². The van der Waals surface area contributed by atoms with E-state index in [2.05, 4.69) is 14.7 Å². The van der Waals surface area contributed by atoms with E-state index in [4.69, 9.17) is 11.5 Å². The van der Waals surface area contributed by atoms with Gasteiger partial charge in [-0.1, -0.05) is 12.5 Å². The third-order valence-corrected chi connectivity index (χ3v) is 6.44. The fourth-order valence-electron chi connectivity index (χ4n) is 3.76. The summed E-state index contributed by atoms with van der Waals surface area (Å²) in [6.45, 7) is 0. The van der Waals surface area contributed by atoms with Crippen LogP contribution in [0.25, 0.3) is 22.0 Å². The summed E-state index contributed by atoms with van der Waals surface area (Å²) < 4.78 is 32.7. The molecule has 156 valence electrons. The minimum Gasteiger partial charge on any atom is -0.369 e. The molecule has 0 bridgehead atoms. The van der Waals surface area contributed by atoms with Crippen molar-refractivity contribution in [3.63, 3.8) is 0 Å². The van der Waals surface area contributed by atoms with E-state index in [1.807, 2.05) is 0 Å². The van der Waals surface area contributed by atoms with E-state index in [-0.39, 0.29) is 34.3 Å². The highest BCUT2D eigenvalue weighted by molar-refractivity contribution is 8.01. The second kappa shape index (κ2) is 8.43. The number of aromatic nitrogens is 2. The summed E-state index contributed by atoms with van der Waals surface area (Å²) in [7, 11) is 0. The molecule has 5 N–H and O–H groups in total. The van der Waals surface area contributed by atoms with E-state index in [1.54, 1.807) is 18.2 Å². The molecule has 30 heavy (non-hydrogen) atoms. The topological polar surface area (TPSA) is 107 Å². The van der Waals surface area contributed by atoms with Crippen LogP contribution >= 0.6 is 11.9 Å². The van der Waals surface area contributed by atoms with Crippen LogP contribution in [0.2, 0.25) is 0 Å². The van der Waals surface area contributed by atoms with Crippen molar-refractivity contribution in [2.24, 2.45) is 11.7 Å². The number of benzene rings is 2. The molecule has 2 unspecified atom stereocenters. The fourth-order valence-corrected chi connectivity index (χ4v) is 4.82. The summed E-state index contributed by atoms with van der Waals surface area (Å²) >= 11 is 1.35. The van der Waals surface area contributed by atoms with Gasteiger partial charge >= 0.3 is 0 Å². The molecule has 4 rings (SSSR count). The second-order valence-corrected chi connectivity index (χ2v) is 8.50. The van der Waals surface area contributed by atoms with E-state index in [1.165, 1.54) is 30.3 Å². The van der Waals surface area contributed by atoms with Gasteiger partial charge in [0.05, 0.1) is 16.8 Å². The fraction of sp³-hybridized carbons (Fsp3) is 0.286. The van der Waals surface area contributed by atoms with Crippen LogP contribution < -0.4 is 16.2 Å². The van der Waals surface area contributed by atoms with Crippen LogP contribution in [0.4, 0.5) is 20.4 Å². The Balaban J connectivity index is 1.58. The number of nitrogens with zero attached hydrogens (tertiary/aromatic N) is 2. The summed E-state index contributed by atoms with van der Waals surface area (Å²) in [5, 5.41) is 0.764. The molecule has 1 saturated carbocycles. The highest BCUT2D eigenvalue weighted by atomic mass is 32.2. The second-order valence-electron chi connectivity index (χ2n) is 7.39. The Bertz CT molecular complexity index is 1110. The van der Waals surface area contributed by atoms with Gasteiger partial charge in [-0.15, -0.1) is 0 Å². The minimum absolute atomic E-state index is 0.127. The van der Waals surface area contributed by atoms with E-state index in [0.717, 1.165) is 19.3 Å². The molecule has 1 aromatic heterocycles. The monoisotopic (exact) mass is 429 g/mol. The number of primary amides is 1. The Kier molecular flexibility index (Phi) is 5.72. The molecule has 1 aliphatic rings. The van der Waals surface area contributed by atoms with Crippen LogP contribution in [-0.4, -0.2) is 21.1 Å². The van der Waals surface area contributed by atoms with Crippen LogP contribution in [0.3, 0.4) is 0 Å². The first-order valence-corrected chi connectivity index (χ1v) is 10.5. The average Bonchev–Trinajstić information content (AvgIpc) is 2.73. The lowest BCUT2D eigenvalue weighted by Crippen LogP contribution is -2.29. The molecule has 0 radical (unpaired) electrons. The van der Waals surface area contributed by atoms with Crippen LogP contribution in [0.15, 0.2) is 36.5 Å². The Labute approximate surface area is 176 Å². The predicted octanol–water partition coefficient (Wildman–Crippen LogP) is 4.26. The first-order chi connectivity index (χ1) is 14.4. The number of rotatable bonds is 5. The minimum atomic E-state index is -0.680. The molecule has 6 nitrogen and oxygen atoms in total. The SMILES string of the molecule is NC(=O)C1CCCC(SNc2ccc(F)c(-c3ccc4nc(N)ncc4c3)c2F)C1. The number of fused-ring (bicyclic) bond motifs is 1. The summed E-state index contributed by atoms with van der Waals surface area (Å²) in [5.41, 5.74) is 12.0. The Morgan fingerprint density at radius 1 is 1.20 bits per heavy atom. The van der Waals surface area contributed by atoms with Crippen molar-refractivity contribution in [2.45, 2.75) is 30.9 Å². The Morgan fingerprint density at radius 3 is 2.83 bits per heavy atom. The van der Waals surface area contributed by atoms with Gasteiger partial charge in [-0.25, -0.2) is 18.7 Å². The molecular formula is C21H21F2N5OS. The molecule has 2 atom stereocenters. The summed E-state index contributed by atoms with van der Waals surface area (Å²) in [4.78, 5) is 19.5. The number of nitrogens with two attached hydrogens (primary N) is 2. The van der Waals surface area contributed by atoms with Gasteiger partial charge in [-0.3, -0.25) is 4.79 Å². The molecule has 0 aliphatic heterocycles. The van der Waals surface area contributed by atoms with Gasteiger partial charge in [0.25, 0.3) is 0 Å². The standard InChI is InChI=1S/C21H21F2N5OS/c22-15-5-7-17(28-30-14-3-1-2-12(9-14)20(24)29)19(23)18(15)11-4-6-16-13(8-11)10-26-21(25)27-16/h4-8,10,12,14,28H,1-3,9H2,(H2,24,29)(H2,25,26,27). The zero-order chi connectivity index (χ0) is 21.3. The van der Waals surface area contributed by atoms with Crippen molar-refractivity contribution in [2.75, 3.05) is 10.5 Å². The number of anilines is 2. The van der Waals surface area contributed by atoms with Gasteiger partial charge in [-0.2, -0.15) is 0 Å². The summed E-state index contributed by atoms with van der Waals surface area (Å²) in [5.74, 6) is -1.65. The molecule has 0 saturated heterocycles. The predicted molar refractivity (Wildman–Crippen MR) is 115 cm³/mol. The van der Waals surface area contributed by atoms with Crippen LogP contribution in [0.5, 0.6) is 0 Å². The summed E-state index contributed by atoms with van der Waals surface area (Å²) in [6.07, 6.45) is 4.76. The maximum absolute atomic E-state index is 15.2. The highest BCUT2D eigenvalue weighted by Gasteiger charge is 2.26. The third kappa shape index (κ3) is 4.16. The number of hydrogen-bond donors (Lipinski definition) is 3. The molecule has 1 fully saturated rings. The molecule has 1 amide bonds. The molecule has 2 aromatic carbocycles. The summed E-state index contributed by atoms with van der Waals surface area (Å²) in [6, 6.07) is 7.50. The van der Waals surface area contributed by atoms with E-state index in [9.17, 15) is 9.18 Å². The van der Waals surface area contributed by atoms with Gasteiger partial charge in [0.15, 0.2) is 5.82 Å². The number of carbonyl (C=O) groups is 1. The first-order valence-electron chi connectivity index (χ1n) is 9.64. The largest absolute Gasteiger partial charge is 0.369 e. The number of nitrogens with one attached hydrogen (secondary N) is 1. The van der Waals surface area contributed by atoms with Crippen molar-refractivity contribution in [3.05, 3.63) is 48.2 Å². The van der Waals surface area contributed by atoms with E-state index >= 15 is 4.39 Å². The Morgan fingerprint density at radius 2 is 2.03 bits per heavy atom. The van der Waals surface area contributed by atoms with Crippen molar-refractivity contribution < 1.29 is 13.6 Å².